The first-order valence-electron chi connectivity index (χ1n) is 11.2. The highest BCUT2D eigenvalue weighted by atomic mass is 16.6. The third-order valence-electron chi connectivity index (χ3n) is 4.90. The van der Waals surface area contributed by atoms with Gasteiger partial charge in [-0.25, -0.2) is 9.59 Å². The third-order valence-corrected chi connectivity index (χ3v) is 4.90. The number of carbonyl (C=O) groups excluding carboxylic acids is 2. The molecule has 0 aromatic heterocycles. The van der Waals surface area contributed by atoms with Crippen LogP contribution in [0.3, 0.4) is 0 Å². The lowest BCUT2D eigenvalue weighted by Gasteiger charge is -2.22. The summed E-state index contributed by atoms with van der Waals surface area (Å²) in [6.07, 6.45) is 4.77. The van der Waals surface area contributed by atoms with Crippen LogP contribution in [0.5, 0.6) is 0 Å². The summed E-state index contributed by atoms with van der Waals surface area (Å²) >= 11 is 0. The van der Waals surface area contributed by atoms with Gasteiger partial charge in [-0.15, -0.1) is 0 Å². The molecule has 0 unspecified atom stereocenters. The summed E-state index contributed by atoms with van der Waals surface area (Å²) in [5, 5.41) is 2.98. The number of amides is 2. The Kier molecular flexibility index (Phi) is 10.3. The summed E-state index contributed by atoms with van der Waals surface area (Å²) in [5.74, 6) is -0.371. The summed E-state index contributed by atoms with van der Waals surface area (Å²) in [7, 11) is 1.75. The maximum atomic E-state index is 12.8. The first-order chi connectivity index (χ1) is 15.5. The summed E-state index contributed by atoms with van der Waals surface area (Å²) in [4.78, 5) is 26.7. The molecule has 0 saturated carbocycles. The molecule has 32 heavy (non-hydrogen) atoms. The Bertz CT molecular complexity index is 909. The van der Waals surface area contributed by atoms with E-state index < -0.39 is 5.97 Å². The van der Waals surface area contributed by atoms with Crippen LogP contribution in [-0.2, 0) is 14.3 Å². The van der Waals surface area contributed by atoms with Crippen LogP contribution in [0.2, 0.25) is 0 Å². The molecule has 0 atom stereocenters. The van der Waals surface area contributed by atoms with E-state index in [-0.39, 0.29) is 18.4 Å². The van der Waals surface area contributed by atoms with Crippen LogP contribution in [0.25, 0.3) is 17.2 Å². The van der Waals surface area contributed by atoms with Crippen molar-refractivity contribution in [3.63, 3.8) is 0 Å². The van der Waals surface area contributed by atoms with Gasteiger partial charge in [0, 0.05) is 19.2 Å². The maximum absolute atomic E-state index is 12.8. The zero-order valence-electron chi connectivity index (χ0n) is 19.5. The van der Waals surface area contributed by atoms with E-state index in [0.717, 1.165) is 41.6 Å². The number of benzene rings is 2. The Morgan fingerprint density at radius 1 is 0.969 bits per heavy atom. The molecule has 0 radical (unpaired) electrons. The Morgan fingerprint density at radius 2 is 1.69 bits per heavy atom. The Hall–Kier alpha value is -3.28. The molecule has 2 aromatic carbocycles. The van der Waals surface area contributed by atoms with Crippen LogP contribution in [-0.4, -0.2) is 38.8 Å². The largest absolute Gasteiger partial charge is 0.487 e. The van der Waals surface area contributed by atoms with Crippen molar-refractivity contribution >= 4 is 23.8 Å². The Morgan fingerprint density at radius 3 is 2.34 bits per heavy atom. The second-order valence-electron chi connectivity index (χ2n) is 7.30. The molecule has 0 spiro atoms. The lowest BCUT2D eigenvalue weighted by atomic mass is 10.0. The van der Waals surface area contributed by atoms with E-state index in [4.69, 9.17) is 9.47 Å². The van der Waals surface area contributed by atoms with Gasteiger partial charge in [-0.2, -0.15) is 0 Å². The van der Waals surface area contributed by atoms with E-state index in [0.29, 0.717) is 13.2 Å². The minimum absolute atomic E-state index is 0.138. The molecule has 0 aliphatic carbocycles. The Labute approximate surface area is 191 Å². The molecule has 0 bridgehead atoms. The number of anilines is 1. The molecule has 0 saturated heterocycles. The summed E-state index contributed by atoms with van der Waals surface area (Å²) in [6, 6.07) is 15.5. The molecule has 6 heteroatoms. The maximum Gasteiger partial charge on any atom is 0.373 e. The molecule has 2 amide bonds. The molecule has 1 N–H and O–H groups in total. The normalized spacial score (nSPS) is 11.1. The van der Waals surface area contributed by atoms with Crippen molar-refractivity contribution < 1.29 is 19.1 Å². The smallest absolute Gasteiger partial charge is 0.373 e. The SMILES string of the molecule is CCCCCNC(=O)N(C)c1cc(/C=C(\OCC)C(=O)OCC)ccc1-c1ccccc1. The molecule has 172 valence electrons. The predicted octanol–water partition coefficient (Wildman–Crippen LogP) is 5.63. The van der Waals surface area contributed by atoms with Crippen LogP contribution in [0.15, 0.2) is 54.3 Å². The van der Waals surface area contributed by atoms with Crippen LogP contribution in [0, 0.1) is 0 Å². The molecule has 2 rings (SSSR count). The van der Waals surface area contributed by atoms with E-state index in [1.54, 1.807) is 24.9 Å². The topological polar surface area (TPSA) is 67.9 Å². The monoisotopic (exact) mass is 438 g/mol. The minimum atomic E-state index is -0.509. The quantitative estimate of drug-likeness (QED) is 0.214. The second-order valence-corrected chi connectivity index (χ2v) is 7.30. The number of unbranched alkanes of at least 4 members (excludes halogenated alkanes) is 2. The fourth-order valence-electron chi connectivity index (χ4n) is 3.24. The van der Waals surface area contributed by atoms with E-state index in [9.17, 15) is 9.59 Å². The number of esters is 1. The molecule has 6 nitrogen and oxygen atoms in total. The fraction of sp³-hybridized carbons (Fsp3) is 0.385. The second kappa shape index (κ2) is 13.2. The predicted molar refractivity (Wildman–Crippen MR) is 129 cm³/mol. The van der Waals surface area contributed by atoms with Gasteiger partial charge in [-0.05, 0) is 43.5 Å². The number of nitrogens with zero attached hydrogens (tertiary/aromatic N) is 1. The third kappa shape index (κ3) is 7.15. The van der Waals surface area contributed by atoms with Crippen molar-refractivity contribution in [1.29, 1.82) is 0 Å². The highest BCUT2D eigenvalue weighted by Gasteiger charge is 2.17. The van der Waals surface area contributed by atoms with Gasteiger partial charge in [0.25, 0.3) is 0 Å². The van der Waals surface area contributed by atoms with Gasteiger partial charge in [0.1, 0.15) is 0 Å². The lowest BCUT2D eigenvalue weighted by molar-refractivity contribution is -0.142. The van der Waals surface area contributed by atoms with Crippen molar-refractivity contribution in [3.8, 4) is 11.1 Å². The molecule has 0 aliphatic rings. The van der Waals surface area contributed by atoms with Crippen molar-refractivity contribution in [3.05, 3.63) is 59.9 Å². The minimum Gasteiger partial charge on any atom is -0.487 e. The molecule has 0 aliphatic heterocycles. The van der Waals surface area contributed by atoms with Crippen molar-refractivity contribution in [2.24, 2.45) is 0 Å². The molecular weight excluding hydrogens is 404 g/mol. The van der Waals surface area contributed by atoms with Crippen LogP contribution in [0.4, 0.5) is 10.5 Å². The molecule has 0 fully saturated rings. The van der Waals surface area contributed by atoms with Gasteiger partial charge in [-0.1, -0.05) is 62.2 Å². The van der Waals surface area contributed by atoms with Crippen LogP contribution >= 0.6 is 0 Å². The van der Waals surface area contributed by atoms with Crippen molar-refractivity contribution in [2.45, 2.75) is 40.0 Å². The molecule has 0 heterocycles. The number of ether oxygens (including phenoxy) is 2. The summed E-state index contributed by atoms with van der Waals surface area (Å²) in [5.41, 5.74) is 3.39. The van der Waals surface area contributed by atoms with Gasteiger partial charge >= 0.3 is 12.0 Å². The zero-order chi connectivity index (χ0) is 23.3. The van der Waals surface area contributed by atoms with Crippen molar-refractivity contribution in [2.75, 3.05) is 31.7 Å². The van der Waals surface area contributed by atoms with E-state index in [2.05, 4.69) is 12.2 Å². The van der Waals surface area contributed by atoms with E-state index in [1.165, 1.54) is 0 Å². The fourth-order valence-corrected chi connectivity index (χ4v) is 3.24. The van der Waals surface area contributed by atoms with Gasteiger partial charge in [0.2, 0.25) is 5.76 Å². The highest BCUT2D eigenvalue weighted by Crippen LogP contribution is 2.32. The first-order valence-corrected chi connectivity index (χ1v) is 11.2. The molecule has 2 aromatic rings. The first kappa shape index (κ1) is 25.0. The number of hydrogen-bond acceptors (Lipinski definition) is 4. The van der Waals surface area contributed by atoms with Gasteiger partial charge < -0.3 is 14.8 Å². The number of urea groups is 1. The van der Waals surface area contributed by atoms with Gasteiger partial charge in [0.15, 0.2) is 0 Å². The van der Waals surface area contributed by atoms with Crippen LogP contribution < -0.4 is 10.2 Å². The highest BCUT2D eigenvalue weighted by molar-refractivity contribution is 5.97. The standard InChI is InChI=1S/C26H34N2O4/c1-5-8-12-17-27-26(30)28(4)23-18-20(19-24(31-6-2)25(29)32-7-3)15-16-22(23)21-13-10-9-11-14-21/h9-11,13-16,18-19H,5-8,12,17H2,1-4H3,(H,27,30)/b24-19-. The molecular formula is C26H34N2O4. The number of nitrogens with one attached hydrogen (secondary N) is 1. The Balaban J connectivity index is 2.42. The average molecular weight is 439 g/mol. The summed E-state index contributed by atoms with van der Waals surface area (Å²) < 4.78 is 10.6. The average Bonchev–Trinajstić information content (AvgIpc) is 2.81. The number of carbonyl (C=O) groups is 2. The summed E-state index contributed by atoms with van der Waals surface area (Å²) in [6.45, 7) is 6.94. The lowest BCUT2D eigenvalue weighted by Crippen LogP contribution is -2.38. The van der Waals surface area contributed by atoms with E-state index in [1.807, 2.05) is 55.5 Å². The zero-order valence-corrected chi connectivity index (χ0v) is 19.5. The van der Waals surface area contributed by atoms with Crippen molar-refractivity contribution in [1.82, 2.24) is 5.32 Å². The number of hydrogen-bond donors (Lipinski definition) is 1. The van der Waals surface area contributed by atoms with E-state index >= 15 is 0 Å². The van der Waals surface area contributed by atoms with Gasteiger partial charge in [0.05, 0.1) is 18.9 Å². The van der Waals surface area contributed by atoms with Crippen LogP contribution in [0.1, 0.15) is 45.6 Å². The van der Waals surface area contributed by atoms with Gasteiger partial charge in [-0.3, -0.25) is 4.90 Å². The number of rotatable bonds is 11.